The second-order valence-corrected chi connectivity index (χ2v) is 10.9. The Hall–Kier alpha value is -1.64. The molecular weight excluding hydrogens is 454 g/mol. The Balaban J connectivity index is 0.000000406. The summed E-state index contributed by atoms with van der Waals surface area (Å²) in [7, 11) is -4.63. The van der Waals surface area contributed by atoms with Gasteiger partial charge in [-0.25, -0.2) is 0 Å². The highest BCUT2D eigenvalue weighted by Gasteiger charge is 2.55. The molecule has 0 spiro atoms. The van der Waals surface area contributed by atoms with Crippen molar-refractivity contribution in [2.24, 2.45) is 17.3 Å². The number of carbonyl (C=O) groups is 1. The summed E-state index contributed by atoms with van der Waals surface area (Å²) < 4.78 is 42.7. The van der Waals surface area contributed by atoms with Gasteiger partial charge in [-0.2, -0.15) is 8.42 Å². The van der Waals surface area contributed by atoms with E-state index in [4.69, 9.17) is 8.92 Å². The summed E-state index contributed by atoms with van der Waals surface area (Å²) in [4.78, 5) is 14.8. The lowest BCUT2D eigenvalue weighted by molar-refractivity contribution is -0.129. The lowest BCUT2D eigenvalue weighted by atomic mass is 9.55. The van der Waals surface area contributed by atoms with Crippen LogP contribution < -0.4 is 8.92 Å². The molecule has 34 heavy (non-hydrogen) atoms. The zero-order chi connectivity index (χ0) is 25.1. The van der Waals surface area contributed by atoms with Gasteiger partial charge in [-0.3, -0.25) is 9.35 Å². The fraction of sp³-hybridized carbons (Fsp3) is 0.731. The summed E-state index contributed by atoms with van der Waals surface area (Å²) in [6, 6.07) is 3.52. The predicted octanol–water partition coefficient (Wildman–Crippen LogP) is 5.04. The van der Waals surface area contributed by atoms with Gasteiger partial charge in [-0.15, -0.1) is 0 Å². The summed E-state index contributed by atoms with van der Waals surface area (Å²) in [6.45, 7) is 14.5. The third-order valence-corrected chi connectivity index (χ3v) is 8.70. The average Bonchev–Trinajstić information content (AvgIpc) is 3.09. The molecule has 1 aromatic rings. The van der Waals surface area contributed by atoms with Crippen molar-refractivity contribution < 1.29 is 26.7 Å². The van der Waals surface area contributed by atoms with Gasteiger partial charge in [0.25, 0.3) is 0 Å². The topological polar surface area (TPSA) is 93.1 Å². The number of hydrogen-bond donors (Lipinski definition) is 1. The van der Waals surface area contributed by atoms with E-state index in [2.05, 4.69) is 32.6 Å². The van der Waals surface area contributed by atoms with Crippen molar-refractivity contribution in [1.82, 2.24) is 4.90 Å². The van der Waals surface area contributed by atoms with E-state index in [9.17, 15) is 17.8 Å². The maximum atomic E-state index is 12.5. The van der Waals surface area contributed by atoms with E-state index in [1.54, 1.807) is 6.07 Å². The Morgan fingerprint density at radius 3 is 2.29 bits per heavy atom. The van der Waals surface area contributed by atoms with Crippen LogP contribution in [-0.2, 0) is 21.6 Å². The highest BCUT2D eigenvalue weighted by molar-refractivity contribution is 7.81. The van der Waals surface area contributed by atoms with E-state index in [-0.39, 0.29) is 17.1 Å². The van der Waals surface area contributed by atoms with Gasteiger partial charge in [-0.1, -0.05) is 27.7 Å². The van der Waals surface area contributed by atoms with Gasteiger partial charge in [0.15, 0.2) is 5.75 Å². The van der Waals surface area contributed by atoms with Crippen molar-refractivity contribution in [3.63, 3.8) is 0 Å². The largest absolute Gasteiger partial charge is 0.494 e. The molecule has 0 amide bonds. The third kappa shape index (κ3) is 5.60. The summed E-state index contributed by atoms with van der Waals surface area (Å²) in [5.74, 6) is 1.90. The van der Waals surface area contributed by atoms with E-state index in [1.807, 2.05) is 13.0 Å². The van der Waals surface area contributed by atoms with Crippen LogP contribution in [0.2, 0.25) is 0 Å². The molecule has 1 aromatic carbocycles. The summed E-state index contributed by atoms with van der Waals surface area (Å²) in [5, 5.41) is 0. The number of carbonyl (C=O) groups excluding carboxylic acids is 1. The van der Waals surface area contributed by atoms with Gasteiger partial charge in [0, 0.05) is 23.5 Å². The quantitative estimate of drug-likeness (QED) is 0.530. The maximum Gasteiger partial charge on any atom is 0.446 e. The molecule has 0 bridgehead atoms. The third-order valence-electron chi connectivity index (χ3n) is 8.31. The normalized spacial score (nSPS) is 27.9. The zero-order valence-electron chi connectivity index (χ0n) is 21.3. The lowest BCUT2D eigenvalue weighted by Gasteiger charge is -2.48. The molecule has 8 heteroatoms. The highest BCUT2D eigenvalue weighted by Crippen LogP contribution is 2.60. The van der Waals surface area contributed by atoms with E-state index >= 15 is 0 Å². The molecule has 4 rings (SSSR count). The van der Waals surface area contributed by atoms with E-state index in [0.717, 1.165) is 43.2 Å². The predicted molar refractivity (Wildman–Crippen MR) is 133 cm³/mol. The lowest BCUT2D eigenvalue weighted by Crippen LogP contribution is -2.42. The first-order valence-electron chi connectivity index (χ1n) is 12.8. The minimum absolute atomic E-state index is 0.144. The van der Waals surface area contributed by atoms with Crippen molar-refractivity contribution >= 4 is 16.2 Å². The Labute approximate surface area is 205 Å². The van der Waals surface area contributed by atoms with E-state index in [1.165, 1.54) is 19.6 Å². The summed E-state index contributed by atoms with van der Waals surface area (Å²) in [6.07, 6.45) is 4.97. The molecule has 0 saturated heterocycles. The average molecular weight is 496 g/mol. The second kappa shape index (κ2) is 11.0. The molecule has 0 aliphatic heterocycles. The Morgan fingerprint density at radius 2 is 1.74 bits per heavy atom. The van der Waals surface area contributed by atoms with Gasteiger partial charge < -0.3 is 13.8 Å². The molecule has 7 nitrogen and oxygen atoms in total. The number of Topliss-reactive ketones (excluding diaryl/α,β-unsaturated/α-hetero) is 1. The molecule has 0 unspecified atom stereocenters. The number of fused-ring (bicyclic) bond motifs is 5. The number of hydrogen-bond acceptors (Lipinski definition) is 6. The molecule has 1 N–H and O–H groups in total. The molecular formula is C26H41NO6S. The SMILES string of the molecule is CCN(CC)CC.CCOc1cc2c(c(OS(=O)(=O)O)c1)[C@H]1CC[C@]3(C)C(=O)CC[C@H]3[C@@H]1CC2. The molecule has 3 aliphatic rings. The second-order valence-electron chi connectivity index (χ2n) is 9.89. The van der Waals surface area contributed by atoms with E-state index < -0.39 is 10.4 Å². The number of benzene rings is 1. The molecule has 2 fully saturated rings. The zero-order valence-corrected chi connectivity index (χ0v) is 22.1. The Bertz CT molecular complexity index is 968. The summed E-state index contributed by atoms with van der Waals surface area (Å²) >= 11 is 0. The fourth-order valence-corrected chi connectivity index (χ4v) is 6.89. The van der Waals surface area contributed by atoms with Crippen LogP contribution in [-0.4, -0.2) is 49.9 Å². The van der Waals surface area contributed by atoms with Crippen LogP contribution in [0.15, 0.2) is 12.1 Å². The van der Waals surface area contributed by atoms with Gasteiger partial charge in [0.1, 0.15) is 11.5 Å². The van der Waals surface area contributed by atoms with Gasteiger partial charge in [0.2, 0.25) is 0 Å². The van der Waals surface area contributed by atoms with Gasteiger partial charge >= 0.3 is 10.4 Å². The smallest absolute Gasteiger partial charge is 0.446 e. The monoisotopic (exact) mass is 495 g/mol. The summed E-state index contributed by atoms with van der Waals surface area (Å²) in [5.41, 5.74) is 1.65. The minimum atomic E-state index is -4.63. The van der Waals surface area contributed by atoms with Gasteiger partial charge in [-0.05, 0) is 88.0 Å². The van der Waals surface area contributed by atoms with Crippen LogP contribution in [0.3, 0.4) is 0 Å². The molecule has 2 saturated carbocycles. The number of ketones is 1. The fourth-order valence-electron chi connectivity index (χ4n) is 6.53. The van der Waals surface area contributed by atoms with Crippen molar-refractivity contribution in [3.8, 4) is 11.5 Å². The van der Waals surface area contributed by atoms with E-state index in [0.29, 0.717) is 36.4 Å². The number of ether oxygens (including phenoxy) is 1. The van der Waals surface area contributed by atoms with Crippen LogP contribution in [0.25, 0.3) is 0 Å². The maximum absolute atomic E-state index is 12.5. The van der Waals surface area contributed by atoms with Crippen LogP contribution in [0.1, 0.15) is 83.8 Å². The first-order chi connectivity index (χ1) is 16.1. The molecule has 0 heterocycles. The van der Waals surface area contributed by atoms with Gasteiger partial charge in [0.05, 0.1) is 6.61 Å². The molecule has 3 aliphatic carbocycles. The molecule has 4 atom stereocenters. The molecule has 192 valence electrons. The number of rotatable bonds is 7. The standard InChI is InChI=1S/C20H26O6S.C6H15N/c1-3-25-13-10-12-4-5-14-15(19(12)17(11-13)26-27(22,23)24)8-9-20(2)16(14)6-7-18(20)21;1-4-7(5-2)6-3/h10-11,14-16H,3-9H2,1-2H3,(H,22,23,24);4-6H2,1-3H3/t14-,15+,16+,20+;/m1./s1. The van der Waals surface area contributed by atoms with Crippen molar-refractivity contribution in [2.45, 2.75) is 79.1 Å². The first kappa shape index (κ1) is 27.0. The number of nitrogens with zero attached hydrogens (tertiary/aromatic N) is 1. The van der Waals surface area contributed by atoms with Crippen molar-refractivity contribution in [2.75, 3.05) is 26.2 Å². The van der Waals surface area contributed by atoms with Crippen LogP contribution >= 0.6 is 0 Å². The Kier molecular flexibility index (Phi) is 8.69. The Morgan fingerprint density at radius 1 is 1.06 bits per heavy atom. The molecule has 0 radical (unpaired) electrons. The van der Waals surface area contributed by atoms with Crippen LogP contribution in [0.5, 0.6) is 11.5 Å². The number of aryl methyl sites for hydroxylation is 1. The van der Waals surface area contributed by atoms with Crippen LogP contribution in [0, 0.1) is 17.3 Å². The van der Waals surface area contributed by atoms with Crippen LogP contribution in [0.4, 0.5) is 0 Å². The highest BCUT2D eigenvalue weighted by atomic mass is 32.3. The molecule has 0 aromatic heterocycles. The minimum Gasteiger partial charge on any atom is -0.494 e. The van der Waals surface area contributed by atoms with Crippen molar-refractivity contribution in [3.05, 3.63) is 23.3 Å². The first-order valence-corrected chi connectivity index (χ1v) is 14.2. The van der Waals surface area contributed by atoms with Crippen molar-refractivity contribution in [1.29, 1.82) is 0 Å².